The van der Waals surface area contributed by atoms with Crippen LogP contribution in [0.5, 0.6) is 0 Å². The predicted octanol–water partition coefficient (Wildman–Crippen LogP) is 8.26. The first-order valence-corrected chi connectivity index (χ1v) is 12.2. The zero-order chi connectivity index (χ0) is 22.0. The molecule has 160 valence electrons. The zero-order valence-corrected chi connectivity index (χ0v) is 18.9. The van der Waals surface area contributed by atoms with Crippen molar-refractivity contribution in [2.24, 2.45) is 0 Å². The SMILES string of the molecule is c1ccc(C(SC(c2ccccc2)c2cc3ccccc3[nH]2)c2cc3ccccc3[nH]2)cc1. The third-order valence-corrected chi connectivity index (χ3v) is 7.74. The van der Waals surface area contributed by atoms with E-state index < -0.39 is 0 Å². The van der Waals surface area contributed by atoms with E-state index in [-0.39, 0.29) is 10.5 Å². The smallest absolute Gasteiger partial charge is 0.0707 e. The van der Waals surface area contributed by atoms with Crippen LogP contribution in [0.4, 0.5) is 0 Å². The highest BCUT2D eigenvalue weighted by Crippen LogP contribution is 2.48. The number of benzene rings is 4. The van der Waals surface area contributed by atoms with Gasteiger partial charge in [-0.1, -0.05) is 97.1 Å². The molecule has 2 heterocycles. The van der Waals surface area contributed by atoms with E-state index >= 15 is 0 Å². The van der Waals surface area contributed by atoms with Crippen LogP contribution in [0.2, 0.25) is 0 Å². The Labute approximate surface area is 197 Å². The van der Waals surface area contributed by atoms with Gasteiger partial charge in [-0.25, -0.2) is 0 Å². The van der Waals surface area contributed by atoms with Crippen LogP contribution in [0.1, 0.15) is 33.0 Å². The van der Waals surface area contributed by atoms with Crippen LogP contribution in [-0.2, 0) is 0 Å². The van der Waals surface area contributed by atoms with Gasteiger partial charge < -0.3 is 9.97 Å². The van der Waals surface area contributed by atoms with Crippen molar-refractivity contribution < 1.29 is 0 Å². The molecule has 2 nitrogen and oxygen atoms in total. The molecule has 0 saturated heterocycles. The maximum absolute atomic E-state index is 3.70. The van der Waals surface area contributed by atoms with Gasteiger partial charge in [0.1, 0.15) is 0 Å². The van der Waals surface area contributed by atoms with Crippen LogP contribution >= 0.6 is 11.8 Å². The lowest BCUT2D eigenvalue weighted by molar-refractivity contribution is 1.04. The van der Waals surface area contributed by atoms with Crippen LogP contribution in [0.15, 0.2) is 121 Å². The standard InChI is InChI=1S/C30H24N2S/c1-3-11-21(12-4-1)29(27-19-23-15-7-9-17-25(23)31-27)33-30(22-13-5-2-6-14-22)28-20-24-16-8-10-18-26(24)32-28/h1-20,29-32H. The maximum Gasteiger partial charge on any atom is 0.0707 e. The molecule has 2 N–H and O–H groups in total. The highest BCUT2D eigenvalue weighted by molar-refractivity contribution is 8.00. The van der Waals surface area contributed by atoms with Gasteiger partial charge in [-0.2, -0.15) is 0 Å². The van der Waals surface area contributed by atoms with Crippen molar-refractivity contribution in [3.05, 3.63) is 144 Å². The molecule has 33 heavy (non-hydrogen) atoms. The minimum Gasteiger partial charge on any atom is -0.357 e. The summed E-state index contributed by atoms with van der Waals surface area (Å²) in [6.45, 7) is 0. The number of para-hydroxylation sites is 2. The fourth-order valence-electron chi connectivity index (χ4n) is 4.53. The van der Waals surface area contributed by atoms with E-state index in [4.69, 9.17) is 0 Å². The van der Waals surface area contributed by atoms with E-state index in [2.05, 4.69) is 131 Å². The highest BCUT2D eigenvalue weighted by atomic mass is 32.2. The van der Waals surface area contributed by atoms with Gasteiger partial charge in [-0.3, -0.25) is 0 Å². The van der Waals surface area contributed by atoms with Crippen molar-refractivity contribution in [1.29, 1.82) is 0 Å². The molecular weight excluding hydrogens is 420 g/mol. The minimum atomic E-state index is 0.162. The molecule has 2 atom stereocenters. The van der Waals surface area contributed by atoms with Crippen LogP contribution in [0.3, 0.4) is 0 Å². The van der Waals surface area contributed by atoms with Crippen molar-refractivity contribution >= 4 is 33.6 Å². The number of H-pyrrole nitrogens is 2. The summed E-state index contributed by atoms with van der Waals surface area (Å²) in [5.41, 5.74) is 7.40. The summed E-state index contributed by atoms with van der Waals surface area (Å²) in [5.74, 6) is 0. The van der Waals surface area contributed by atoms with E-state index in [0.717, 1.165) is 0 Å². The molecule has 0 bridgehead atoms. The molecule has 2 unspecified atom stereocenters. The number of nitrogens with one attached hydrogen (secondary N) is 2. The normalized spacial score (nSPS) is 13.3. The number of hydrogen-bond acceptors (Lipinski definition) is 1. The van der Waals surface area contributed by atoms with E-state index in [1.54, 1.807) is 0 Å². The number of aromatic nitrogens is 2. The summed E-state index contributed by atoms with van der Waals surface area (Å²) < 4.78 is 0. The Kier molecular flexibility index (Phi) is 5.25. The maximum atomic E-state index is 3.70. The Hall–Kier alpha value is -3.69. The van der Waals surface area contributed by atoms with Crippen molar-refractivity contribution in [2.75, 3.05) is 0 Å². The minimum absolute atomic E-state index is 0.162. The molecule has 2 aromatic heterocycles. The summed E-state index contributed by atoms with van der Waals surface area (Å²) in [6, 6.07) is 43.2. The van der Waals surface area contributed by atoms with Crippen molar-refractivity contribution in [1.82, 2.24) is 9.97 Å². The van der Waals surface area contributed by atoms with Crippen LogP contribution in [0.25, 0.3) is 21.8 Å². The summed E-state index contributed by atoms with van der Waals surface area (Å²) in [4.78, 5) is 7.40. The summed E-state index contributed by atoms with van der Waals surface area (Å²) in [5, 5.41) is 2.82. The molecule has 0 amide bonds. The highest BCUT2D eigenvalue weighted by Gasteiger charge is 2.25. The van der Waals surface area contributed by atoms with Gasteiger partial charge in [0.25, 0.3) is 0 Å². The van der Waals surface area contributed by atoms with Crippen LogP contribution < -0.4 is 0 Å². The molecule has 0 saturated carbocycles. The molecule has 3 heteroatoms. The summed E-state index contributed by atoms with van der Waals surface area (Å²) in [6.07, 6.45) is 0. The molecule has 6 aromatic rings. The van der Waals surface area contributed by atoms with Crippen molar-refractivity contribution in [2.45, 2.75) is 10.5 Å². The number of rotatable bonds is 6. The second kappa shape index (κ2) is 8.68. The monoisotopic (exact) mass is 444 g/mol. The Bertz CT molecular complexity index is 1320. The molecule has 6 rings (SSSR count). The Morgan fingerprint density at radius 1 is 0.455 bits per heavy atom. The average Bonchev–Trinajstić information content (AvgIpc) is 3.50. The Balaban J connectivity index is 1.48. The van der Waals surface area contributed by atoms with Crippen molar-refractivity contribution in [3.63, 3.8) is 0 Å². The Morgan fingerprint density at radius 3 is 1.27 bits per heavy atom. The molecule has 0 aliphatic carbocycles. The first-order chi connectivity index (χ1) is 16.3. The van der Waals surface area contributed by atoms with Gasteiger partial charge in [0.05, 0.1) is 10.5 Å². The molecule has 4 aromatic carbocycles. The first-order valence-electron chi connectivity index (χ1n) is 11.3. The molecule has 0 fully saturated rings. The second-order valence-corrected chi connectivity index (χ2v) is 9.56. The topological polar surface area (TPSA) is 31.6 Å². The van der Waals surface area contributed by atoms with Crippen LogP contribution in [-0.4, -0.2) is 9.97 Å². The largest absolute Gasteiger partial charge is 0.357 e. The second-order valence-electron chi connectivity index (χ2n) is 8.34. The van der Waals surface area contributed by atoms with E-state index in [0.29, 0.717) is 0 Å². The molecule has 0 aliphatic rings. The van der Waals surface area contributed by atoms with E-state index in [9.17, 15) is 0 Å². The fourth-order valence-corrected chi connectivity index (χ4v) is 5.98. The predicted molar refractivity (Wildman–Crippen MR) is 141 cm³/mol. The quantitative estimate of drug-likeness (QED) is 0.266. The lowest BCUT2D eigenvalue weighted by Gasteiger charge is -2.23. The van der Waals surface area contributed by atoms with Crippen molar-refractivity contribution in [3.8, 4) is 0 Å². The lowest BCUT2D eigenvalue weighted by Crippen LogP contribution is -2.04. The van der Waals surface area contributed by atoms with Gasteiger partial charge in [0.2, 0.25) is 0 Å². The summed E-state index contributed by atoms with van der Waals surface area (Å²) >= 11 is 1.97. The van der Waals surface area contributed by atoms with Gasteiger partial charge in [0, 0.05) is 22.4 Å². The third-order valence-electron chi connectivity index (χ3n) is 6.14. The van der Waals surface area contributed by atoms with Crippen LogP contribution in [0, 0.1) is 0 Å². The number of fused-ring (bicyclic) bond motifs is 2. The summed E-state index contributed by atoms with van der Waals surface area (Å²) in [7, 11) is 0. The Morgan fingerprint density at radius 2 is 0.848 bits per heavy atom. The van der Waals surface area contributed by atoms with Gasteiger partial charge in [0.15, 0.2) is 0 Å². The van der Waals surface area contributed by atoms with E-state index in [1.807, 2.05) is 11.8 Å². The van der Waals surface area contributed by atoms with Gasteiger partial charge >= 0.3 is 0 Å². The van der Waals surface area contributed by atoms with Gasteiger partial charge in [-0.15, -0.1) is 11.8 Å². The molecular formula is C30H24N2S. The zero-order valence-electron chi connectivity index (χ0n) is 18.1. The number of aromatic amines is 2. The third kappa shape index (κ3) is 3.96. The number of hydrogen-bond donors (Lipinski definition) is 2. The lowest BCUT2D eigenvalue weighted by atomic mass is 10.1. The molecule has 0 radical (unpaired) electrons. The van der Waals surface area contributed by atoms with Gasteiger partial charge in [-0.05, 0) is 46.2 Å². The fraction of sp³-hybridized carbons (Fsp3) is 0.0667. The first kappa shape index (κ1) is 20.0. The number of thioether (sulfide) groups is 1. The average molecular weight is 445 g/mol. The van der Waals surface area contributed by atoms with E-state index in [1.165, 1.54) is 44.3 Å². The molecule has 0 aliphatic heterocycles. The molecule has 0 spiro atoms.